The van der Waals surface area contributed by atoms with E-state index in [9.17, 15) is 19.8 Å². The molecule has 0 aliphatic heterocycles. The van der Waals surface area contributed by atoms with Gasteiger partial charge in [0.25, 0.3) is 5.89 Å². The third-order valence-electron chi connectivity index (χ3n) is 6.28. The lowest BCUT2D eigenvalue weighted by Crippen LogP contribution is -2.59. The maximum absolute atomic E-state index is 13.5. The second-order valence-electron chi connectivity index (χ2n) is 11.0. The second kappa shape index (κ2) is 16.8. The van der Waals surface area contributed by atoms with Crippen molar-refractivity contribution in [3.63, 3.8) is 0 Å². The first kappa shape index (κ1) is 33.8. The number of Topliss-reactive ketones (excluding diaryl/α,β-unsaturated/α-hetero) is 1. The van der Waals surface area contributed by atoms with Gasteiger partial charge in [0, 0.05) is 25.1 Å². The molecule has 1 aromatic heterocycles. The van der Waals surface area contributed by atoms with E-state index in [0.717, 1.165) is 0 Å². The van der Waals surface area contributed by atoms with Gasteiger partial charge in [-0.25, -0.2) is 0 Å². The zero-order chi connectivity index (χ0) is 30.5. The summed E-state index contributed by atoms with van der Waals surface area (Å²) in [6.07, 6.45) is -0.711. The fourth-order valence-electron chi connectivity index (χ4n) is 4.45. The smallest absolute Gasteiger partial charge is 0.285 e. The quantitative estimate of drug-likeness (QED) is 0.0440. The van der Waals surface area contributed by atoms with Gasteiger partial charge in [-0.3, -0.25) is 25.2 Å². The third kappa shape index (κ3) is 11.9. The van der Waals surface area contributed by atoms with Gasteiger partial charge < -0.3 is 31.4 Å². The molecule has 228 valence electrons. The van der Waals surface area contributed by atoms with Crippen LogP contribution in [0, 0.1) is 11.8 Å². The van der Waals surface area contributed by atoms with Crippen LogP contribution in [0.2, 0.25) is 0 Å². The molecule has 3 unspecified atom stereocenters. The molecule has 9 N–H and O–H groups in total. The molecule has 0 saturated heterocycles. The summed E-state index contributed by atoms with van der Waals surface area (Å²) in [4.78, 5) is 29.2. The van der Waals surface area contributed by atoms with Crippen LogP contribution in [0.25, 0.3) is 11.5 Å². The number of carbonyl (C=O) groups is 2. The van der Waals surface area contributed by atoms with Crippen molar-refractivity contribution >= 4 is 17.6 Å². The van der Waals surface area contributed by atoms with Gasteiger partial charge in [-0.1, -0.05) is 45.9 Å². The van der Waals surface area contributed by atoms with E-state index in [0.29, 0.717) is 24.8 Å². The summed E-state index contributed by atoms with van der Waals surface area (Å²) < 4.78 is 5.68. The van der Waals surface area contributed by atoms with Crippen molar-refractivity contribution in [2.45, 2.75) is 90.9 Å². The molecule has 1 amide bonds. The summed E-state index contributed by atoms with van der Waals surface area (Å²) in [6.45, 7) is 9.61. The van der Waals surface area contributed by atoms with Crippen LogP contribution >= 0.6 is 0 Å². The lowest BCUT2D eigenvalue weighted by atomic mass is 9.98. The number of guanidine groups is 1. The molecule has 0 saturated carbocycles. The Balaban J connectivity index is 2.25. The Kier molecular flexibility index (Phi) is 13.8. The van der Waals surface area contributed by atoms with E-state index in [4.69, 9.17) is 15.9 Å². The molecule has 0 fully saturated rings. The van der Waals surface area contributed by atoms with E-state index in [1.54, 1.807) is 12.1 Å². The molecule has 13 heteroatoms. The van der Waals surface area contributed by atoms with Crippen molar-refractivity contribution in [2.75, 3.05) is 6.54 Å². The number of aliphatic hydroxyl groups excluding tert-OH is 2. The van der Waals surface area contributed by atoms with Gasteiger partial charge in [-0.05, 0) is 49.7 Å². The summed E-state index contributed by atoms with van der Waals surface area (Å²) in [6, 6.07) is 6.92. The summed E-state index contributed by atoms with van der Waals surface area (Å²) in [7, 11) is 0. The zero-order valence-electron chi connectivity index (χ0n) is 24.6. The Bertz CT molecular complexity index is 1100. The van der Waals surface area contributed by atoms with Gasteiger partial charge in [0.05, 0.1) is 12.1 Å². The number of hydrogen-bond donors (Lipinski definition) is 7. The second-order valence-corrected chi connectivity index (χ2v) is 11.0. The first-order valence-electron chi connectivity index (χ1n) is 14.0. The van der Waals surface area contributed by atoms with Crippen molar-refractivity contribution in [3.05, 3.63) is 36.2 Å². The minimum atomic E-state index is -1.25. The standard InChI is InChI=1S/C28H46N8O5/c1-16(2)14-21(32-18(5)37)24(39)34-22(15-17(3)4)25(40)33-20(12-9-13-31-28(29)30)23(38)27-36-35-26(41-27)19-10-7-6-8-11-19/h6-8,10-11,16-17,20-22,24-25,33-34,39-40H,9,12-15H2,1-5H3,(H,32,37)(H4,29,30,31)/t20?,21-,22-,24?,25?/m0/s1. The lowest BCUT2D eigenvalue weighted by Gasteiger charge is -2.34. The fraction of sp³-hybridized carbons (Fsp3) is 0.607. The van der Waals surface area contributed by atoms with Crippen LogP contribution < -0.4 is 27.4 Å². The van der Waals surface area contributed by atoms with Crippen LogP contribution in [0.1, 0.15) is 71.0 Å². The van der Waals surface area contributed by atoms with E-state index in [-0.39, 0.29) is 48.4 Å². The predicted octanol–water partition coefficient (Wildman–Crippen LogP) is 1.12. The zero-order valence-corrected chi connectivity index (χ0v) is 24.6. The summed E-state index contributed by atoms with van der Waals surface area (Å²) in [5, 5.41) is 39.1. The minimum Gasteiger partial charge on any atom is -0.414 e. The molecule has 0 aliphatic carbocycles. The summed E-state index contributed by atoms with van der Waals surface area (Å²) >= 11 is 0. The predicted molar refractivity (Wildman–Crippen MR) is 156 cm³/mol. The topological polar surface area (TPSA) is 214 Å². The van der Waals surface area contributed by atoms with Crippen LogP contribution in [0.5, 0.6) is 0 Å². The van der Waals surface area contributed by atoms with Gasteiger partial charge in [-0.2, -0.15) is 0 Å². The molecular formula is C28H46N8O5. The number of carbonyl (C=O) groups excluding carboxylic acids is 2. The number of amides is 1. The van der Waals surface area contributed by atoms with E-state index < -0.39 is 36.4 Å². The number of benzene rings is 1. The van der Waals surface area contributed by atoms with Gasteiger partial charge >= 0.3 is 0 Å². The maximum atomic E-state index is 13.5. The highest BCUT2D eigenvalue weighted by atomic mass is 16.4. The number of aliphatic imine (C=N–C) groups is 1. The van der Waals surface area contributed by atoms with Crippen molar-refractivity contribution in [1.82, 2.24) is 26.1 Å². The van der Waals surface area contributed by atoms with Crippen LogP contribution in [-0.2, 0) is 4.79 Å². The molecule has 0 bridgehead atoms. The molecule has 1 aromatic carbocycles. The summed E-state index contributed by atoms with van der Waals surface area (Å²) in [5.41, 5.74) is 11.5. The number of aromatic nitrogens is 2. The van der Waals surface area contributed by atoms with Crippen molar-refractivity contribution < 1.29 is 24.2 Å². The molecule has 41 heavy (non-hydrogen) atoms. The number of nitrogens with zero attached hydrogens (tertiary/aromatic N) is 3. The number of rotatable bonds is 18. The molecular weight excluding hydrogens is 528 g/mol. The van der Waals surface area contributed by atoms with E-state index in [1.807, 2.05) is 45.9 Å². The number of aliphatic hydroxyl groups is 2. The monoisotopic (exact) mass is 574 g/mol. The Labute approximate surface area is 241 Å². The molecule has 0 radical (unpaired) electrons. The van der Waals surface area contributed by atoms with Gasteiger partial charge in [0.15, 0.2) is 5.96 Å². The van der Waals surface area contributed by atoms with E-state index >= 15 is 0 Å². The Morgan fingerprint density at radius 3 is 2.15 bits per heavy atom. The van der Waals surface area contributed by atoms with Crippen LogP contribution in [-0.4, -0.2) is 75.2 Å². The highest BCUT2D eigenvalue weighted by Gasteiger charge is 2.32. The number of ketones is 1. The SMILES string of the molecule is CC(=O)N[C@@H](CC(C)C)C(O)N[C@@H](CC(C)C)C(O)NC(CCCN=C(N)N)C(=O)c1nnc(-c2ccccc2)o1. The van der Waals surface area contributed by atoms with Gasteiger partial charge in [0.2, 0.25) is 17.6 Å². The molecule has 5 atom stereocenters. The van der Waals surface area contributed by atoms with Crippen LogP contribution in [0.4, 0.5) is 0 Å². The molecule has 13 nitrogen and oxygen atoms in total. The van der Waals surface area contributed by atoms with E-state index in [2.05, 4.69) is 31.1 Å². The first-order valence-corrected chi connectivity index (χ1v) is 14.0. The van der Waals surface area contributed by atoms with Crippen molar-refractivity contribution in [1.29, 1.82) is 0 Å². The molecule has 1 heterocycles. The Morgan fingerprint density at radius 1 is 0.951 bits per heavy atom. The Hall–Kier alpha value is -3.39. The maximum Gasteiger partial charge on any atom is 0.285 e. The largest absolute Gasteiger partial charge is 0.414 e. The number of nitrogens with two attached hydrogens (primary N) is 2. The molecule has 2 aromatic rings. The highest BCUT2D eigenvalue weighted by molar-refractivity contribution is 5.96. The summed E-state index contributed by atoms with van der Waals surface area (Å²) in [5.74, 6) is -0.481. The third-order valence-corrected chi connectivity index (χ3v) is 6.28. The fourth-order valence-corrected chi connectivity index (χ4v) is 4.45. The van der Waals surface area contributed by atoms with Crippen molar-refractivity contribution in [3.8, 4) is 11.5 Å². The lowest BCUT2D eigenvalue weighted by molar-refractivity contribution is -0.121. The van der Waals surface area contributed by atoms with Crippen LogP contribution in [0.3, 0.4) is 0 Å². The molecule has 0 spiro atoms. The normalized spacial score (nSPS) is 15.2. The number of hydrogen-bond acceptors (Lipinski definition) is 10. The molecule has 2 rings (SSSR count). The Morgan fingerprint density at radius 2 is 1.56 bits per heavy atom. The average Bonchev–Trinajstić information content (AvgIpc) is 3.39. The first-order chi connectivity index (χ1) is 19.4. The average molecular weight is 575 g/mol. The van der Waals surface area contributed by atoms with Crippen LogP contribution in [0.15, 0.2) is 39.7 Å². The van der Waals surface area contributed by atoms with Gasteiger partial charge in [0.1, 0.15) is 12.5 Å². The minimum absolute atomic E-state index is 0.0596. The van der Waals surface area contributed by atoms with Crippen molar-refractivity contribution in [2.24, 2.45) is 28.3 Å². The van der Waals surface area contributed by atoms with Gasteiger partial charge in [-0.15, -0.1) is 10.2 Å². The molecule has 0 aliphatic rings. The van der Waals surface area contributed by atoms with E-state index in [1.165, 1.54) is 6.92 Å². The number of nitrogens with one attached hydrogen (secondary N) is 3. The highest BCUT2D eigenvalue weighted by Crippen LogP contribution is 2.19.